The van der Waals surface area contributed by atoms with E-state index in [9.17, 15) is 4.79 Å². The summed E-state index contributed by atoms with van der Waals surface area (Å²) in [6, 6.07) is 16.2. The number of rotatable bonds is 3. The first-order valence-corrected chi connectivity index (χ1v) is 6.70. The molecule has 0 unspecified atom stereocenters. The fourth-order valence-corrected chi connectivity index (χ4v) is 2.25. The average molecular weight is 277 g/mol. The zero-order chi connectivity index (χ0) is 14.7. The van der Waals surface area contributed by atoms with Gasteiger partial charge >= 0.3 is 0 Å². The van der Waals surface area contributed by atoms with Gasteiger partial charge in [0.25, 0.3) is 0 Å². The Hall–Kier alpha value is -2.72. The number of nitrogens with two attached hydrogens (primary N) is 1. The summed E-state index contributed by atoms with van der Waals surface area (Å²) in [6.07, 6.45) is 3.47. The zero-order valence-electron chi connectivity index (χ0n) is 11.4. The molecule has 0 spiro atoms. The highest BCUT2D eigenvalue weighted by Crippen LogP contribution is 2.23. The lowest BCUT2D eigenvalue weighted by molar-refractivity contribution is -0.117. The number of amides is 1. The summed E-state index contributed by atoms with van der Waals surface area (Å²) in [6.45, 7) is 0. The molecule has 0 aliphatic carbocycles. The van der Waals surface area contributed by atoms with Crippen molar-refractivity contribution in [2.45, 2.75) is 6.04 Å². The van der Waals surface area contributed by atoms with Crippen molar-refractivity contribution in [3.8, 4) is 0 Å². The van der Waals surface area contributed by atoms with Gasteiger partial charge in [-0.15, -0.1) is 0 Å². The summed E-state index contributed by atoms with van der Waals surface area (Å²) < 4.78 is 0. The monoisotopic (exact) mass is 277 g/mol. The minimum atomic E-state index is -0.691. The lowest BCUT2D eigenvalue weighted by Gasteiger charge is -2.14. The maximum absolute atomic E-state index is 12.3. The van der Waals surface area contributed by atoms with Gasteiger partial charge in [0.15, 0.2) is 0 Å². The lowest BCUT2D eigenvalue weighted by atomic mass is 10.1. The number of fused-ring (bicyclic) bond motifs is 1. The summed E-state index contributed by atoms with van der Waals surface area (Å²) in [4.78, 5) is 16.4. The maximum atomic E-state index is 12.3. The quantitative estimate of drug-likeness (QED) is 0.773. The van der Waals surface area contributed by atoms with E-state index in [1.807, 2.05) is 54.6 Å². The van der Waals surface area contributed by atoms with Crippen LogP contribution in [0.2, 0.25) is 0 Å². The molecule has 0 bridgehead atoms. The molecular formula is C17H15N3O. The van der Waals surface area contributed by atoms with Gasteiger partial charge in [0.1, 0.15) is 6.04 Å². The number of nitrogens with one attached hydrogen (secondary N) is 1. The number of benzene rings is 2. The van der Waals surface area contributed by atoms with E-state index in [1.54, 1.807) is 12.4 Å². The van der Waals surface area contributed by atoms with Crippen molar-refractivity contribution in [2.75, 3.05) is 5.32 Å². The number of aromatic nitrogens is 1. The van der Waals surface area contributed by atoms with Crippen molar-refractivity contribution in [2.24, 2.45) is 5.73 Å². The Morgan fingerprint density at radius 2 is 1.86 bits per heavy atom. The van der Waals surface area contributed by atoms with Crippen LogP contribution in [0.5, 0.6) is 0 Å². The Morgan fingerprint density at radius 3 is 2.67 bits per heavy atom. The van der Waals surface area contributed by atoms with Crippen LogP contribution >= 0.6 is 0 Å². The molecule has 0 saturated heterocycles. The van der Waals surface area contributed by atoms with Crippen LogP contribution in [-0.4, -0.2) is 10.9 Å². The van der Waals surface area contributed by atoms with Crippen molar-refractivity contribution >= 4 is 22.4 Å². The predicted octanol–water partition coefficient (Wildman–Crippen LogP) is 2.87. The summed E-state index contributed by atoms with van der Waals surface area (Å²) in [7, 11) is 0. The van der Waals surface area contributed by atoms with Crippen molar-refractivity contribution < 1.29 is 4.79 Å². The van der Waals surface area contributed by atoms with E-state index in [-0.39, 0.29) is 5.91 Å². The van der Waals surface area contributed by atoms with E-state index >= 15 is 0 Å². The van der Waals surface area contributed by atoms with Gasteiger partial charge in [-0.3, -0.25) is 9.78 Å². The van der Waals surface area contributed by atoms with Crippen molar-refractivity contribution in [1.82, 2.24) is 4.98 Å². The van der Waals surface area contributed by atoms with Gasteiger partial charge in [0.2, 0.25) is 5.91 Å². The topological polar surface area (TPSA) is 68.0 Å². The molecular weight excluding hydrogens is 262 g/mol. The molecule has 1 aromatic heterocycles. The number of carbonyl (C=O) groups excluding carboxylic acids is 1. The van der Waals surface area contributed by atoms with Gasteiger partial charge in [-0.1, -0.05) is 42.5 Å². The molecule has 104 valence electrons. The van der Waals surface area contributed by atoms with Gasteiger partial charge in [-0.2, -0.15) is 0 Å². The van der Waals surface area contributed by atoms with E-state index in [2.05, 4.69) is 10.3 Å². The van der Waals surface area contributed by atoms with E-state index in [0.717, 1.165) is 22.0 Å². The number of pyridine rings is 1. The molecule has 0 aliphatic heterocycles. The highest BCUT2D eigenvalue weighted by atomic mass is 16.2. The van der Waals surface area contributed by atoms with Crippen LogP contribution in [0.25, 0.3) is 10.8 Å². The fourth-order valence-electron chi connectivity index (χ4n) is 2.25. The molecule has 0 radical (unpaired) electrons. The summed E-state index contributed by atoms with van der Waals surface area (Å²) in [5.41, 5.74) is 7.54. The third-order valence-corrected chi connectivity index (χ3v) is 3.38. The third kappa shape index (κ3) is 2.75. The first-order valence-electron chi connectivity index (χ1n) is 6.70. The maximum Gasteiger partial charge on any atom is 0.245 e. The normalized spacial score (nSPS) is 12.0. The third-order valence-electron chi connectivity index (χ3n) is 3.38. The number of carbonyl (C=O) groups is 1. The van der Waals surface area contributed by atoms with Gasteiger partial charge in [0.05, 0.1) is 0 Å². The van der Waals surface area contributed by atoms with Crippen molar-refractivity contribution in [3.05, 3.63) is 72.6 Å². The highest BCUT2D eigenvalue weighted by molar-refractivity contribution is 6.03. The molecule has 3 rings (SSSR count). The van der Waals surface area contributed by atoms with E-state index in [1.165, 1.54) is 0 Å². The van der Waals surface area contributed by atoms with E-state index < -0.39 is 6.04 Å². The van der Waals surface area contributed by atoms with Crippen LogP contribution in [0.3, 0.4) is 0 Å². The van der Waals surface area contributed by atoms with Crippen LogP contribution in [0.15, 0.2) is 67.0 Å². The Kier molecular flexibility index (Phi) is 3.62. The van der Waals surface area contributed by atoms with Crippen LogP contribution in [-0.2, 0) is 4.79 Å². The largest absolute Gasteiger partial charge is 0.324 e. The standard InChI is InChI=1S/C17H15N3O/c18-16(12-5-2-1-3-6-12)17(21)20-15-8-4-7-13-11-19-10-9-14(13)15/h1-11,16H,18H2,(H,20,21)/t16-/m0/s1. The van der Waals surface area contributed by atoms with Gasteiger partial charge in [-0.25, -0.2) is 0 Å². The van der Waals surface area contributed by atoms with Gasteiger partial charge < -0.3 is 11.1 Å². The molecule has 3 aromatic rings. The molecule has 1 heterocycles. The molecule has 1 atom stereocenters. The van der Waals surface area contributed by atoms with Crippen LogP contribution in [0.1, 0.15) is 11.6 Å². The van der Waals surface area contributed by atoms with Crippen molar-refractivity contribution in [1.29, 1.82) is 0 Å². The second-order valence-corrected chi connectivity index (χ2v) is 4.78. The Morgan fingerprint density at radius 1 is 1.05 bits per heavy atom. The van der Waals surface area contributed by atoms with Crippen LogP contribution in [0.4, 0.5) is 5.69 Å². The molecule has 3 N–H and O–H groups in total. The second-order valence-electron chi connectivity index (χ2n) is 4.78. The summed E-state index contributed by atoms with van der Waals surface area (Å²) in [5.74, 6) is -0.231. The molecule has 2 aromatic carbocycles. The van der Waals surface area contributed by atoms with E-state index in [0.29, 0.717) is 0 Å². The number of nitrogens with zero attached hydrogens (tertiary/aromatic N) is 1. The summed E-state index contributed by atoms with van der Waals surface area (Å²) >= 11 is 0. The summed E-state index contributed by atoms with van der Waals surface area (Å²) in [5, 5.41) is 4.81. The Bertz CT molecular complexity index is 766. The van der Waals surface area contributed by atoms with Gasteiger partial charge in [0, 0.05) is 28.9 Å². The molecule has 0 fully saturated rings. The molecule has 4 heteroatoms. The molecule has 0 saturated carbocycles. The number of hydrogen-bond acceptors (Lipinski definition) is 3. The zero-order valence-corrected chi connectivity index (χ0v) is 11.4. The average Bonchev–Trinajstić information content (AvgIpc) is 2.55. The Balaban J connectivity index is 1.87. The van der Waals surface area contributed by atoms with Crippen LogP contribution in [0, 0.1) is 0 Å². The fraction of sp³-hybridized carbons (Fsp3) is 0.0588. The first-order chi connectivity index (χ1) is 10.3. The molecule has 1 amide bonds. The van der Waals surface area contributed by atoms with E-state index in [4.69, 9.17) is 5.73 Å². The highest BCUT2D eigenvalue weighted by Gasteiger charge is 2.16. The number of hydrogen-bond donors (Lipinski definition) is 2. The van der Waals surface area contributed by atoms with Crippen LogP contribution < -0.4 is 11.1 Å². The molecule has 21 heavy (non-hydrogen) atoms. The minimum absolute atomic E-state index is 0.231. The minimum Gasteiger partial charge on any atom is -0.324 e. The first kappa shape index (κ1) is 13.3. The second kappa shape index (κ2) is 5.73. The lowest BCUT2D eigenvalue weighted by Crippen LogP contribution is -2.27. The Labute approximate surface area is 122 Å². The predicted molar refractivity (Wildman–Crippen MR) is 83.7 cm³/mol. The molecule has 4 nitrogen and oxygen atoms in total. The SMILES string of the molecule is N[C@H](C(=O)Nc1cccc2cnccc12)c1ccccc1. The smallest absolute Gasteiger partial charge is 0.245 e. The van der Waals surface area contributed by atoms with Crippen molar-refractivity contribution in [3.63, 3.8) is 0 Å². The molecule has 0 aliphatic rings. The number of anilines is 1. The van der Waals surface area contributed by atoms with Gasteiger partial charge in [-0.05, 0) is 17.7 Å².